The van der Waals surface area contributed by atoms with E-state index < -0.39 is 0 Å². The van der Waals surface area contributed by atoms with Crippen molar-refractivity contribution in [1.82, 2.24) is 4.98 Å². The maximum atomic E-state index is 5.58. The summed E-state index contributed by atoms with van der Waals surface area (Å²) in [7, 11) is 0. The van der Waals surface area contributed by atoms with Gasteiger partial charge in [-0.25, -0.2) is 4.98 Å². The molecule has 5 heteroatoms. The normalized spacial score (nSPS) is 9.64. The molecule has 0 atom stereocenters. The lowest BCUT2D eigenvalue weighted by Crippen LogP contribution is -1.99. The Morgan fingerprint density at radius 3 is 3.00 bits per heavy atom. The second-order valence-corrected chi connectivity index (χ2v) is 3.63. The first-order valence-corrected chi connectivity index (χ1v) is 4.50. The lowest BCUT2D eigenvalue weighted by Gasteiger charge is -1.97. The maximum absolute atomic E-state index is 5.58. The van der Waals surface area contributed by atoms with Gasteiger partial charge in [0.05, 0.1) is 6.54 Å². The molecule has 0 aromatic carbocycles. The molecule has 0 aliphatic rings. The summed E-state index contributed by atoms with van der Waals surface area (Å²) in [5.41, 5.74) is 0. The monoisotopic (exact) mass is 208 g/mol. The van der Waals surface area contributed by atoms with Crippen LogP contribution in [0.5, 0.6) is 0 Å². The van der Waals surface area contributed by atoms with Gasteiger partial charge in [-0.2, -0.15) is 0 Å². The van der Waals surface area contributed by atoms with E-state index in [0.717, 1.165) is 5.13 Å². The van der Waals surface area contributed by atoms with E-state index in [9.17, 15) is 0 Å². The van der Waals surface area contributed by atoms with E-state index in [2.05, 4.69) is 16.9 Å². The molecule has 11 heavy (non-hydrogen) atoms. The minimum Gasteiger partial charge on any atom is -0.357 e. The Labute approximate surface area is 78.9 Å². The SMILES string of the molecule is C=C(Cl)CNc1nc(Cl)cs1. The Hall–Kier alpha value is -0.250. The molecule has 2 nitrogen and oxygen atoms in total. The first kappa shape index (κ1) is 8.84. The summed E-state index contributed by atoms with van der Waals surface area (Å²) in [6.07, 6.45) is 0. The highest BCUT2D eigenvalue weighted by Gasteiger charge is 1.97. The zero-order chi connectivity index (χ0) is 8.27. The van der Waals surface area contributed by atoms with Crippen LogP contribution in [-0.2, 0) is 0 Å². The highest BCUT2D eigenvalue weighted by molar-refractivity contribution is 7.14. The number of hydrogen-bond acceptors (Lipinski definition) is 3. The molecule has 0 fully saturated rings. The summed E-state index contributed by atoms with van der Waals surface area (Å²) in [5.74, 6) is 0. The van der Waals surface area contributed by atoms with Crippen molar-refractivity contribution in [3.05, 3.63) is 22.1 Å². The highest BCUT2D eigenvalue weighted by atomic mass is 35.5. The zero-order valence-electron chi connectivity index (χ0n) is 5.60. The number of nitrogens with zero attached hydrogens (tertiary/aromatic N) is 1. The first-order chi connectivity index (χ1) is 5.18. The van der Waals surface area contributed by atoms with Gasteiger partial charge in [0.25, 0.3) is 0 Å². The molecule has 1 aromatic heterocycles. The van der Waals surface area contributed by atoms with Gasteiger partial charge in [0.2, 0.25) is 0 Å². The number of halogens is 2. The number of hydrogen-bond donors (Lipinski definition) is 1. The van der Waals surface area contributed by atoms with Crippen molar-refractivity contribution in [3.63, 3.8) is 0 Å². The van der Waals surface area contributed by atoms with E-state index in [1.807, 2.05) is 0 Å². The quantitative estimate of drug-likeness (QED) is 0.827. The number of thiazole rings is 1. The van der Waals surface area contributed by atoms with Crippen molar-refractivity contribution in [2.45, 2.75) is 0 Å². The molecule has 0 saturated heterocycles. The van der Waals surface area contributed by atoms with Crippen LogP contribution in [-0.4, -0.2) is 11.5 Å². The van der Waals surface area contributed by atoms with Crippen LogP contribution in [0.1, 0.15) is 0 Å². The third kappa shape index (κ3) is 3.10. The molecule has 0 radical (unpaired) electrons. The third-order valence-corrected chi connectivity index (χ3v) is 2.16. The number of anilines is 1. The Balaban J connectivity index is 2.45. The first-order valence-electron chi connectivity index (χ1n) is 2.86. The van der Waals surface area contributed by atoms with Crippen LogP contribution in [0.3, 0.4) is 0 Å². The van der Waals surface area contributed by atoms with E-state index in [1.54, 1.807) is 5.38 Å². The van der Waals surface area contributed by atoms with Gasteiger partial charge < -0.3 is 5.32 Å². The van der Waals surface area contributed by atoms with E-state index >= 15 is 0 Å². The molecule has 0 spiro atoms. The van der Waals surface area contributed by atoms with Gasteiger partial charge in [0.15, 0.2) is 5.13 Å². The Bertz CT molecular complexity index is 259. The van der Waals surface area contributed by atoms with Crippen molar-refractivity contribution >= 4 is 39.7 Å². The van der Waals surface area contributed by atoms with E-state index in [4.69, 9.17) is 23.2 Å². The molecule has 0 aliphatic carbocycles. The Kier molecular flexibility index (Phi) is 3.17. The topological polar surface area (TPSA) is 24.9 Å². The van der Waals surface area contributed by atoms with Crippen LogP contribution in [0.25, 0.3) is 0 Å². The predicted molar refractivity (Wildman–Crippen MR) is 50.6 cm³/mol. The van der Waals surface area contributed by atoms with E-state index in [-0.39, 0.29) is 0 Å². The van der Waals surface area contributed by atoms with Gasteiger partial charge in [-0.1, -0.05) is 29.8 Å². The molecule has 0 saturated carbocycles. The standard InChI is InChI=1S/C6H6Cl2N2S/c1-4(7)2-9-6-10-5(8)3-11-6/h3H,1-2H2,(H,9,10). The molecule has 0 bridgehead atoms. The van der Waals surface area contributed by atoms with Gasteiger partial charge in [0.1, 0.15) is 5.15 Å². The van der Waals surface area contributed by atoms with Crippen molar-refractivity contribution in [3.8, 4) is 0 Å². The fourth-order valence-corrected chi connectivity index (χ4v) is 1.41. The summed E-state index contributed by atoms with van der Waals surface area (Å²) in [6, 6.07) is 0. The number of nitrogens with one attached hydrogen (secondary N) is 1. The van der Waals surface area contributed by atoms with Crippen LogP contribution in [0.15, 0.2) is 17.0 Å². The molecule has 60 valence electrons. The summed E-state index contributed by atoms with van der Waals surface area (Å²) in [6.45, 7) is 4.04. The lowest BCUT2D eigenvalue weighted by atomic mass is 10.6. The van der Waals surface area contributed by atoms with Crippen LogP contribution in [0.4, 0.5) is 5.13 Å². The fourth-order valence-electron chi connectivity index (χ4n) is 0.507. The molecule has 0 unspecified atom stereocenters. The second kappa shape index (κ2) is 3.95. The summed E-state index contributed by atoms with van der Waals surface area (Å²) < 4.78 is 0. The summed E-state index contributed by atoms with van der Waals surface area (Å²) >= 11 is 12.5. The molecule has 1 aromatic rings. The van der Waals surface area contributed by atoms with E-state index in [1.165, 1.54) is 11.3 Å². The molecule has 0 amide bonds. The van der Waals surface area contributed by atoms with Gasteiger partial charge in [0, 0.05) is 10.4 Å². The molecule has 1 heterocycles. The van der Waals surface area contributed by atoms with Crippen LogP contribution >= 0.6 is 34.5 Å². The largest absolute Gasteiger partial charge is 0.357 e. The predicted octanol–water partition coefficient (Wildman–Crippen LogP) is 2.96. The lowest BCUT2D eigenvalue weighted by molar-refractivity contribution is 1.27. The number of aromatic nitrogens is 1. The molecule has 1 rings (SSSR count). The summed E-state index contributed by atoms with van der Waals surface area (Å²) in [4.78, 5) is 3.96. The second-order valence-electron chi connectivity index (χ2n) is 1.85. The Morgan fingerprint density at radius 2 is 2.55 bits per heavy atom. The van der Waals surface area contributed by atoms with Crippen molar-refractivity contribution in [1.29, 1.82) is 0 Å². The van der Waals surface area contributed by atoms with Crippen LogP contribution < -0.4 is 5.32 Å². The average molecular weight is 209 g/mol. The van der Waals surface area contributed by atoms with Crippen molar-refractivity contribution in [2.24, 2.45) is 0 Å². The van der Waals surface area contributed by atoms with Gasteiger partial charge in [-0.05, 0) is 0 Å². The minimum absolute atomic E-state index is 0.498. The number of rotatable bonds is 3. The molecule has 1 N–H and O–H groups in total. The smallest absolute Gasteiger partial charge is 0.184 e. The summed E-state index contributed by atoms with van der Waals surface area (Å²) in [5, 5.41) is 6.52. The fraction of sp³-hybridized carbons (Fsp3) is 0.167. The van der Waals surface area contributed by atoms with Gasteiger partial charge in [-0.3, -0.25) is 0 Å². The van der Waals surface area contributed by atoms with Gasteiger partial charge in [-0.15, -0.1) is 11.3 Å². The average Bonchev–Trinajstić information content (AvgIpc) is 2.31. The molecular weight excluding hydrogens is 203 g/mol. The van der Waals surface area contributed by atoms with Crippen LogP contribution in [0.2, 0.25) is 5.15 Å². The molecular formula is C6H6Cl2N2S. The third-order valence-electron chi connectivity index (χ3n) is 0.908. The van der Waals surface area contributed by atoms with Gasteiger partial charge >= 0.3 is 0 Å². The zero-order valence-corrected chi connectivity index (χ0v) is 7.93. The molecule has 0 aliphatic heterocycles. The maximum Gasteiger partial charge on any atom is 0.184 e. The Morgan fingerprint density at radius 1 is 1.82 bits per heavy atom. The highest BCUT2D eigenvalue weighted by Crippen LogP contribution is 2.18. The minimum atomic E-state index is 0.498. The van der Waals surface area contributed by atoms with E-state index in [0.29, 0.717) is 16.7 Å². The van der Waals surface area contributed by atoms with Crippen molar-refractivity contribution in [2.75, 3.05) is 11.9 Å². The van der Waals surface area contributed by atoms with Crippen LogP contribution in [0, 0.1) is 0 Å². The van der Waals surface area contributed by atoms with Crippen molar-refractivity contribution < 1.29 is 0 Å².